The lowest BCUT2D eigenvalue weighted by molar-refractivity contribution is 0.0654. The molecule has 1 N–H and O–H groups in total. The van der Waals surface area contributed by atoms with Crippen molar-refractivity contribution < 1.29 is 14.6 Å². The Morgan fingerprint density at radius 1 is 1.15 bits per heavy atom. The van der Waals surface area contributed by atoms with Gasteiger partial charge in [-0.2, -0.15) is 16.7 Å². The summed E-state index contributed by atoms with van der Waals surface area (Å²) in [6.07, 6.45) is 5.46. The first-order valence-electron chi connectivity index (χ1n) is 11.4. The minimum atomic E-state index is -0.383. The lowest BCUT2D eigenvalue weighted by atomic mass is 10.1. The Kier molecular flexibility index (Phi) is 7.58. The van der Waals surface area contributed by atoms with Gasteiger partial charge in [-0.25, -0.2) is 4.98 Å². The molecule has 2 aromatic heterocycles. The molecule has 0 spiro atoms. The van der Waals surface area contributed by atoms with Gasteiger partial charge in [0.2, 0.25) is 5.88 Å². The van der Waals surface area contributed by atoms with Crippen molar-refractivity contribution in [2.75, 3.05) is 25.1 Å². The van der Waals surface area contributed by atoms with Crippen LogP contribution in [0.5, 0.6) is 5.88 Å². The van der Waals surface area contributed by atoms with Crippen molar-refractivity contribution in [1.82, 2.24) is 19.4 Å². The standard InChI is InChI=1S/C25H34N4O3S/c1-25(2,3)32-24-23-22(26-16-27-24)19(10-28-11-20(15-33-4)21(30)13-28)12-29(23)17-31-14-18-8-6-5-7-9-18/h5-9,12,16,20-21,30H,10-11,13-15,17H2,1-4H3/t20-,21+/m1/s1. The van der Waals surface area contributed by atoms with Crippen LogP contribution in [0, 0.1) is 5.92 Å². The van der Waals surface area contributed by atoms with Gasteiger partial charge in [-0.3, -0.25) is 4.90 Å². The molecule has 1 fully saturated rings. The maximum Gasteiger partial charge on any atom is 0.242 e. The van der Waals surface area contributed by atoms with Gasteiger partial charge in [0.05, 0.1) is 12.7 Å². The van der Waals surface area contributed by atoms with Crippen molar-refractivity contribution in [2.45, 2.75) is 52.4 Å². The van der Waals surface area contributed by atoms with Crippen LogP contribution in [0.1, 0.15) is 31.9 Å². The molecule has 1 aliphatic rings. The van der Waals surface area contributed by atoms with Crippen LogP contribution in [0.25, 0.3) is 11.0 Å². The van der Waals surface area contributed by atoms with E-state index in [0.717, 1.165) is 41.0 Å². The third kappa shape index (κ3) is 6.06. The number of aliphatic hydroxyl groups is 1. The second-order valence-electron chi connectivity index (χ2n) is 9.65. The van der Waals surface area contributed by atoms with Crippen LogP contribution in [0.3, 0.4) is 0 Å². The molecule has 1 aliphatic heterocycles. The second-order valence-corrected chi connectivity index (χ2v) is 10.6. The van der Waals surface area contributed by atoms with Crippen LogP contribution >= 0.6 is 11.8 Å². The predicted molar refractivity (Wildman–Crippen MR) is 132 cm³/mol. The molecule has 1 saturated heterocycles. The van der Waals surface area contributed by atoms with E-state index < -0.39 is 0 Å². The maximum absolute atomic E-state index is 10.5. The highest BCUT2D eigenvalue weighted by molar-refractivity contribution is 7.98. The van der Waals surface area contributed by atoms with Gasteiger partial charge >= 0.3 is 0 Å². The number of hydrogen-bond acceptors (Lipinski definition) is 7. The lowest BCUT2D eigenvalue weighted by Crippen LogP contribution is -2.24. The van der Waals surface area contributed by atoms with E-state index in [-0.39, 0.29) is 11.7 Å². The number of ether oxygens (including phenoxy) is 2. The maximum atomic E-state index is 10.5. The van der Waals surface area contributed by atoms with Gasteiger partial charge in [0.15, 0.2) is 0 Å². The zero-order chi connectivity index (χ0) is 23.4. The van der Waals surface area contributed by atoms with Crippen LogP contribution in [0.2, 0.25) is 0 Å². The summed E-state index contributed by atoms with van der Waals surface area (Å²) >= 11 is 1.79. The molecule has 0 aliphatic carbocycles. The van der Waals surface area contributed by atoms with Crippen molar-refractivity contribution in [3.8, 4) is 5.88 Å². The molecule has 8 heteroatoms. The Morgan fingerprint density at radius 3 is 2.67 bits per heavy atom. The monoisotopic (exact) mass is 470 g/mol. The molecule has 3 heterocycles. The van der Waals surface area contributed by atoms with E-state index >= 15 is 0 Å². The van der Waals surface area contributed by atoms with E-state index in [0.29, 0.717) is 31.7 Å². The summed E-state index contributed by atoms with van der Waals surface area (Å²) in [5.41, 5.74) is 3.55. The average Bonchev–Trinajstić information content (AvgIpc) is 3.29. The van der Waals surface area contributed by atoms with Gasteiger partial charge < -0.3 is 19.1 Å². The number of thioether (sulfide) groups is 1. The van der Waals surface area contributed by atoms with E-state index in [1.807, 2.05) is 43.5 Å². The number of aliphatic hydroxyl groups excluding tert-OH is 1. The normalized spacial score (nSPS) is 19.4. The molecule has 33 heavy (non-hydrogen) atoms. The fourth-order valence-electron chi connectivity index (χ4n) is 4.28. The Morgan fingerprint density at radius 2 is 1.94 bits per heavy atom. The summed E-state index contributed by atoms with van der Waals surface area (Å²) in [6, 6.07) is 10.1. The molecular formula is C25H34N4O3S. The number of rotatable bonds is 9. The molecule has 3 aromatic rings. The Labute approximate surface area is 200 Å². The Balaban J connectivity index is 1.59. The summed E-state index contributed by atoms with van der Waals surface area (Å²) in [4.78, 5) is 11.4. The van der Waals surface area contributed by atoms with Crippen LogP contribution < -0.4 is 4.74 Å². The molecule has 0 unspecified atom stereocenters. The van der Waals surface area contributed by atoms with Crippen LogP contribution in [-0.4, -0.2) is 61.3 Å². The van der Waals surface area contributed by atoms with Gasteiger partial charge in [-0.1, -0.05) is 30.3 Å². The molecule has 2 atom stereocenters. The molecular weight excluding hydrogens is 436 g/mol. The third-order valence-corrected chi connectivity index (χ3v) is 6.45. The van der Waals surface area contributed by atoms with E-state index in [1.54, 1.807) is 18.1 Å². The van der Waals surface area contributed by atoms with E-state index in [9.17, 15) is 5.11 Å². The Hall–Kier alpha value is -2.13. The molecule has 1 aromatic carbocycles. The highest BCUT2D eigenvalue weighted by Gasteiger charge is 2.31. The average molecular weight is 471 g/mol. The Bertz CT molecular complexity index is 1050. The fourth-order valence-corrected chi connectivity index (χ4v) is 5.03. The second kappa shape index (κ2) is 10.4. The topological polar surface area (TPSA) is 72.6 Å². The summed E-state index contributed by atoms with van der Waals surface area (Å²) in [5.74, 6) is 1.83. The minimum Gasteiger partial charge on any atom is -0.470 e. The molecule has 0 saturated carbocycles. The largest absolute Gasteiger partial charge is 0.470 e. The number of β-amino-alcohol motifs (C(OH)–C–C–N with tert-alkyl or cyclic N) is 1. The molecule has 7 nitrogen and oxygen atoms in total. The first kappa shape index (κ1) is 24.0. The highest BCUT2D eigenvalue weighted by Crippen LogP contribution is 2.31. The van der Waals surface area contributed by atoms with Crippen molar-refractivity contribution in [1.29, 1.82) is 0 Å². The van der Waals surface area contributed by atoms with Gasteiger partial charge in [-0.15, -0.1) is 0 Å². The van der Waals surface area contributed by atoms with E-state index in [2.05, 4.69) is 39.5 Å². The molecule has 0 radical (unpaired) electrons. The number of likely N-dealkylation sites (tertiary alicyclic amines) is 1. The summed E-state index contributed by atoms with van der Waals surface area (Å²) in [5, 5.41) is 10.5. The van der Waals surface area contributed by atoms with E-state index in [1.165, 1.54) is 0 Å². The van der Waals surface area contributed by atoms with Gasteiger partial charge in [0.1, 0.15) is 29.7 Å². The van der Waals surface area contributed by atoms with Gasteiger partial charge in [-0.05, 0) is 38.3 Å². The predicted octanol–water partition coefficient (Wildman–Crippen LogP) is 3.94. The summed E-state index contributed by atoms with van der Waals surface area (Å²) in [6.45, 7) is 9.21. The number of aromatic nitrogens is 3. The highest BCUT2D eigenvalue weighted by atomic mass is 32.2. The molecule has 0 bridgehead atoms. The number of hydrogen-bond donors (Lipinski definition) is 1. The fraction of sp³-hybridized carbons (Fsp3) is 0.520. The lowest BCUT2D eigenvalue weighted by Gasteiger charge is -2.21. The smallest absolute Gasteiger partial charge is 0.242 e. The van der Waals surface area contributed by atoms with Crippen molar-refractivity contribution in [2.24, 2.45) is 5.92 Å². The quantitative estimate of drug-likeness (QED) is 0.508. The van der Waals surface area contributed by atoms with Crippen LogP contribution in [0.4, 0.5) is 0 Å². The molecule has 0 amide bonds. The van der Waals surface area contributed by atoms with Gasteiger partial charge in [0, 0.05) is 37.3 Å². The first-order chi connectivity index (χ1) is 15.8. The third-order valence-electron chi connectivity index (χ3n) is 5.69. The van der Waals surface area contributed by atoms with E-state index in [4.69, 9.17) is 9.47 Å². The number of benzene rings is 1. The SMILES string of the molecule is CSC[C@H]1CN(Cc2cn(COCc3ccccc3)c3c(OC(C)(C)C)ncnc23)C[C@@H]1O. The minimum absolute atomic E-state index is 0.283. The zero-order valence-corrected chi connectivity index (χ0v) is 20.7. The van der Waals surface area contributed by atoms with Gasteiger partial charge in [0.25, 0.3) is 0 Å². The summed E-state index contributed by atoms with van der Waals surface area (Å²) in [7, 11) is 0. The zero-order valence-electron chi connectivity index (χ0n) is 19.9. The first-order valence-corrected chi connectivity index (χ1v) is 12.8. The van der Waals surface area contributed by atoms with Crippen LogP contribution in [-0.2, 0) is 24.6 Å². The van der Waals surface area contributed by atoms with Crippen molar-refractivity contribution in [3.63, 3.8) is 0 Å². The number of fused-ring (bicyclic) bond motifs is 1. The van der Waals surface area contributed by atoms with Crippen LogP contribution in [0.15, 0.2) is 42.9 Å². The molecule has 178 valence electrons. The summed E-state index contributed by atoms with van der Waals surface area (Å²) < 4.78 is 14.3. The number of nitrogens with zero attached hydrogens (tertiary/aromatic N) is 4. The van der Waals surface area contributed by atoms with Crippen molar-refractivity contribution >= 4 is 22.8 Å². The van der Waals surface area contributed by atoms with Crippen molar-refractivity contribution in [3.05, 3.63) is 54.0 Å². The molecule has 4 rings (SSSR count).